The fourth-order valence-corrected chi connectivity index (χ4v) is 2.38. The third kappa shape index (κ3) is 4.58. The summed E-state index contributed by atoms with van der Waals surface area (Å²) in [4.78, 5) is 22.3. The Bertz CT molecular complexity index is 994. The molecule has 2 N–H and O–H groups in total. The minimum absolute atomic E-state index is 0.0135. The van der Waals surface area contributed by atoms with Gasteiger partial charge in [-0.15, -0.1) is 0 Å². The van der Waals surface area contributed by atoms with Crippen LogP contribution >= 0.6 is 0 Å². The molecule has 1 aromatic heterocycles. The lowest BCUT2D eigenvalue weighted by Crippen LogP contribution is -2.17. The number of nitrogens with zero attached hydrogens (tertiary/aromatic N) is 3. The number of hydrogen-bond donors (Lipinski definition) is 2. The Labute approximate surface area is 160 Å². The lowest BCUT2D eigenvalue weighted by atomic mass is 10.1. The molecule has 3 aromatic rings. The summed E-state index contributed by atoms with van der Waals surface area (Å²) < 4.78 is 5.40. The van der Waals surface area contributed by atoms with Gasteiger partial charge in [-0.3, -0.25) is 20.0 Å². The summed E-state index contributed by atoms with van der Waals surface area (Å²) in [5, 5.41) is 21.3. The average Bonchev–Trinajstić information content (AvgIpc) is 3.19. The first kappa shape index (κ1) is 18.8. The highest BCUT2D eigenvalue weighted by atomic mass is 16.6. The fourth-order valence-electron chi connectivity index (χ4n) is 2.38. The molecule has 0 saturated heterocycles. The maximum Gasteiger partial charge on any atom is 0.289 e. The van der Waals surface area contributed by atoms with E-state index < -0.39 is 10.8 Å². The van der Waals surface area contributed by atoms with E-state index in [1.54, 1.807) is 6.07 Å². The van der Waals surface area contributed by atoms with E-state index in [1.165, 1.54) is 30.5 Å². The van der Waals surface area contributed by atoms with Crippen LogP contribution in [0.15, 0.2) is 59.7 Å². The second kappa shape index (κ2) is 8.58. The Hall–Kier alpha value is -4.01. The molecule has 9 heteroatoms. The minimum atomic E-state index is -0.483. The van der Waals surface area contributed by atoms with Crippen LogP contribution in [0.25, 0.3) is 11.3 Å². The molecule has 0 unspecified atom stereocenters. The van der Waals surface area contributed by atoms with Crippen molar-refractivity contribution in [3.63, 3.8) is 0 Å². The number of hydrazone groups is 1. The molecule has 142 valence electrons. The van der Waals surface area contributed by atoms with Crippen molar-refractivity contribution in [2.24, 2.45) is 5.10 Å². The molecule has 0 aliphatic rings. The number of aromatic nitrogens is 2. The van der Waals surface area contributed by atoms with Crippen molar-refractivity contribution in [2.45, 2.75) is 6.92 Å². The van der Waals surface area contributed by atoms with Crippen LogP contribution in [0, 0.1) is 10.1 Å². The van der Waals surface area contributed by atoms with Crippen molar-refractivity contribution in [3.8, 4) is 17.0 Å². The zero-order chi connectivity index (χ0) is 19.9. The Morgan fingerprint density at radius 3 is 2.61 bits per heavy atom. The zero-order valence-corrected chi connectivity index (χ0v) is 15.0. The molecule has 0 fully saturated rings. The summed E-state index contributed by atoms with van der Waals surface area (Å²) >= 11 is 0. The first-order valence-electron chi connectivity index (χ1n) is 8.43. The number of carbonyl (C=O) groups is 1. The van der Waals surface area contributed by atoms with Crippen molar-refractivity contribution in [1.29, 1.82) is 0 Å². The molecule has 1 heterocycles. The molecule has 0 spiro atoms. The largest absolute Gasteiger partial charge is 0.494 e. The summed E-state index contributed by atoms with van der Waals surface area (Å²) in [6, 6.07) is 14.8. The van der Waals surface area contributed by atoms with Gasteiger partial charge in [0.1, 0.15) is 11.4 Å². The summed E-state index contributed by atoms with van der Waals surface area (Å²) in [6.45, 7) is 2.50. The van der Waals surface area contributed by atoms with E-state index in [2.05, 4.69) is 20.7 Å². The lowest BCUT2D eigenvalue weighted by molar-refractivity contribution is -0.384. The van der Waals surface area contributed by atoms with Crippen LogP contribution in [0.1, 0.15) is 23.0 Å². The van der Waals surface area contributed by atoms with E-state index in [9.17, 15) is 14.9 Å². The van der Waals surface area contributed by atoms with Gasteiger partial charge in [0.25, 0.3) is 11.6 Å². The number of benzene rings is 2. The van der Waals surface area contributed by atoms with Crippen molar-refractivity contribution < 1.29 is 14.5 Å². The highest BCUT2D eigenvalue weighted by Crippen LogP contribution is 2.21. The van der Waals surface area contributed by atoms with Crippen LogP contribution in [0.5, 0.6) is 5.75 Å². The summed E-state index contributed by atoms with van der Waals surface area (Å²) in [7, 11) is 0. The van der Waals surface area contributed by atoms with E-state index >= 15 is 0 Å². The van der Waals surface area contributed by atoms with Crippen LogP contribution in [-0.4, -0.2) is 33.8 Å². The second-order valence-corrected chi connectivity index (χ2v) is 5.67. The van der Waals surface area contributed by atoms with E-state index in [0.717, 1.165) is 11.3 Å². The van der Waals surface area contributed by atoms with Crippen LogP contribution in [0.4, 0.5) is 5.69 Å². The number of ether oxygens (including phenoxy) is 1. The van der Waals surface area contributed by atoms with E-state index in [0.29, 0.717) is 17.9 Å². The summed E-state index contributed by atoms with van der Waals surface area (Å²) in [5.74, 6) is 0.309. The second-order valence-electron chi connectivity index (χ2n) is 5.67. The predicted octanol–water partition coefficient (Wildman–Crippen LogP) is 3.15. The number of nitrogens with one attached hydrogen (secondary N) is 2. The molecule has 28 heavy (non-hydrogen) atoms. The Morgan fingerprint density at radius 2 is 1.96 bits per heavy atom. The summed E-state index contributed by atoms with van der Waals surface area (Å²) in [5.41, 5.74) is 4.70. The van der Waals surface area contributed by atoms with Gasteiger partial charge in [0, 0.05) is 17.7 Å². The zero-order valence-electron chi connectivity index (χ0n) is 15.0. The number of amides is 1. The molecule has 9 nitrogen and oxygen atoms in total. The third-order valence-corrected chi connectivity index (χ3v) is 3.77. The first-order chi connectivity index (χ1) is 13.6. The van der Waals surface area contributed by atoms with Crippen LogP contribution < -0.4 is 10.2 Å². The van der Waals surface area contributed by atoms with Gasteiger partial charge >= 0.3 is 0 Å². The molecule has 0 saturated carbocycles. The lowest BCUT2D eigenvalue weighted by Gasteiger charge is -2.02. The summed E-state index contributed by atoms with van der Waals surface area (Å²) in [6.07, 6.45) is 1.39. The minimum Gasteiger partial charge on any atom is -0.494 e. The van der Waals surface area contributed by atoms with Crippen LogP contribution in [0.3, 0.4) is 0 Å². The van der Waals surface area contributed by atoms with Gasteiger partial charge in [0.05, 0.1) is 23.4 Å². The molecule has 0 atom stereocenters. The van der Waals surface area contributed by atoms with Crippen LogP contribution in [-0.2, 0) is 0 Å². The molecule has 0 aliphatic heterocycles. The maximum absolute atomic E-state index is 12.2. The molecule has 0 aliphatic carbocycles. The van der Waals surface area contributed by atoms with Gasteiger partial charge in [-0.05, 0) is 55.0 Å². The van der Waals surface area contributed by atoms with Crippen molar-refractivity contribution >= 4 is 17.8 Å². The number of rotatable bonds is 7. The van der Waals surface area contributed by atoms with E-state index in [1.807, 2.05) is 31.2 Å². The molecule has 2 aromatic carbocycles. The molecular formula is C19H17N5O4. The highest BCUT2D eigenvalue weighted by Gasteiger charge is 2.10. The number of H-pyrrole nitrogens is 1. The SMILES string of the molecule is CCOc1ccc(-c2cc(C(=O)NN=Cc3ccc([N+](=O)[O-])cc3)[nH]n2)cc1. The van der Waals surface area contributed by atoms with E-state index in [4.69, 9.17) is 4.74 Å². The molecule has 0 radical (unpaired) electrons. The van der Waals surface area contributed by atoms with Gasteiger partial charge in [0.15, 0.2) is 0 Å². The van der Waals surface area contributed by atoms with E-state index in [-0.39, 0.29) is 11.4 Å². The van der Waals surface area contributed by atoms with Gasteiger partial charge in [0.2, 0.25) is 0 Å². The monoisotopic (exact) mass is 379 g/mol. The predicted molar refractivity (Wildman–Crippen MR) is 103 cm³/mol. The normalized spacial score (nSPS) is 10.8. The topological polar surface area (TPSA) is 123 Å². The maximum atomic E-state index is 12.2. The molecule has 1 amide bonds. The number of nitro benzene ring substituents is 1. The van der Waals surface area contributed by atoms with Gasteiger partial charge in [-0.2, -0.15) is 10.2 Å². The molecular weight excluding hydrogens is 362 g/mol. The quantitative estimate of drug-likeness (QED) is 0.371. The fraction of sp³-hybridized carbons (Fsp3) is 0.105. The van der Waals surface area contributed by atoms with Crippen molar-refractivity contribution in [3.05, 3.63) is 76.0 Å². The first-order valence-corrected chi connectivity index (χ1v) is 8.43. The van der Waals surface area contributed by atoms with Crippen LogP contribution in [0.2, 0.25) is 0 Å². The Morgan fingerprint density at radius 1 is 1.25 bits per heavy atom. The third-order valence-electron chi connectivity index (χ3n) is 3.77. The molecule has 0 bridgehead atoms. The number of nitro groups is 1. The van der Waals surface area contributed by atoms with Crippen molar-refractivity contribution in [1.82, 2.24) is 15.6 Å². The average molecular weight is 379 g/mol. The van der Waals surface area contributed by atoms with Crippen molar-refractivity contribution in [2.75, 3.05) is 6.61 Å². The number of hydrogen-bond acceptors (Lipinski definition) is 6. The number of non-ortho nitro benzene ring substituents is 1. The number of aromatic amines is 1. The molecule has 3 rings (SSSR count). The van der Waals surface area contributed by atoms with Gasteiger partial charge in [-0.25, -0.2) is 5.43 Å². The standard InChI is InChI=1S/C19H17N5O4/c1-2-28-16-9-5-14(6-10-16)17-11-18(22-21-17)19(25)23-20-12-13-3-7-15(8-4-13)24(26)27/h3-12H,2H2,1H3,(H,21,22)(H,23,25). The smallest absolute Gasteiger partial charge is 0.289 e. The Kier molecular flexibility index (Phi) is 5.75. The Balaban J connectivity index is 1.61. The number of carbonyl (C=O) groups excluding carboxylic acids is 1. The van der Waals surface area contributed by atoms with Gasteiger partial charge < -0.3 is 4.74 Å². The highest BCUT2D eigenvalue weighted by molar-refractivity contribution is 5.94. The van der Waals surface area contributed by atoms with Gasteiger partial charge in [-0.1, -0.05) is 0 Å².